The number of carbonyl (C=O) groups excluding carboxylic acids is 1. The van der Waals surface area contributed by atoms with Gasteiger partial charge < -0.3 is 15.2 Å². The number of aromatic nitrogens is 1. The van der Waals surface area contributed by atoms with Gasteiger partial charge in [-0.25, -0.2) is 0 Å². The molecule has 1 saturated heterocycles. The zero-order chi connectivity index (χ0) is 14.7. The van der Waals surface area contributed by atoms with Gasteiger partial charge in [-0.1, -0.05) is 13.8 Å². The normalized spacial score (nSPS) is 22.8. The standard InChI is InChI=1S/C13H20N4O3/c1-3-9-8-16(10(4-2)6-14-9)13(18)12-5-11(7-15-12)17(19)20/h5,7,9-10,14-15H,3-4,6,8H2,1-2H3. The lowest BCUT2D eigenvalue weighted by molar-refractivity contribution is -0.384. The highest BCUT2D eigenvalue weighted by molar-refractivity contribution is 5.93. The minimum Gasteiger partial charge on any atom is -0.351 e. The van der Waals surface area contributed by atoms with Crippen LogP contribution < -0.4 is 5.32 Å². The molecule has 2 unspecified atom stereocenters. The van der Waals surface area contributed by atoms with Gasteiger partial charge in [-0.15, -0.1) is 0 Å². The number of rotatable bonds is 4. The van der Waals surface area contributed by atoms with E-state index in [1.165, 1.54) is 12.3 Å². The van der Waals surface area contributed by atoms with Crippen LogP contribution in [0, 0.1) is 10.1 Å². The summed E-state index contributed by atoms with van der Waals surface area (Å²) < 4.78 is 0. The number of carbonyl (C=O) groups is 1. The summed E-state index contributed by atoms with van der Waals surface area (Å²) in [5, 5.41) is 14.1. The summed E-state index contributed by atoms with van der Waals surface area (Å²) >= 11 is 0. The largest absolute Gasteiger partial charge is 0.351 e. The molecule has 0 aliphatic carbocycles. The van der Waals surface area contributed by atoms with E-state index in [0.717, 1.165) is 19.4 Å². The molecule has 2 heterocycles. The summed E-state index contributed by atoms with van der Waals surface area (Å²) in [5.74, 6) is -0.162. The molecule has 0 bridgehead atoms. The molecule has 0 radical (unpaired) electrons. The highest BCUT2D eigenvalue weighted by Crippen LogP contribution is 2.18. The predicted octanol–water partition coefficient (Wildman–Crippen LogP) is 1.53. The second-order valence-corrected chi connectivity index (χ2v) is 5.06. The smallest absolute Gasteiger partial charge is 0.287 e. The Kier molecular flexibility index (Phi) is 4.39. The summed E-state index contributed by atoms with van der Waals surface area (Å²) in [6.45, 7) is 5.52. The Bertz CT molecular complexity index is 500. The van der Waals surface area contributed by atoms with E-state index < -0.39 is 4.92 Å². The minimum absolute atomic E-state index is 0.0800. The molecule has 110 valence electrons. The van der Waals surface area contributed by atoms with Crippen LogP contribution in [0.2, 0.25) is 0 Å². The molecule has 0 spiro atoms. The molecule has 0 aromatic carbocycles. The van der Waals surface area contributed by atoms with Gasteiger partial charge in [0.2, 0.25) is 0 Å². The van der Waals surface area contributed by atoms with Crippen molar-refractivity contribution in [3.05, 3.63) is 28.1 Å². The van der Waals surface area contributed by atoms with Crippen molar-refractivity contribution in [2.45, 2.75) is 38.8 Å². The minimum atomic E-state index is -0.503. The average molecular weight is 280 g/mol. The zero-order valence-corrected chi connectivity index (χ0v) is 11.8. The highest BCUT2D eigenvalue weighted by Gasteiger charge is 2.31. The monoisotopic (exact) mass is 280 g/mol. The summed E-state index contributed by atoms with van der Waals surface area (Å²) in [5.41, 5.74) is 0.204. The third-order valence-electron chi connectivity index (χ3n) is 3.83. The van der Waals surface area contributed by atoms with Crippen LogP contribution in [0.25, 0.3) is 0 Å². The number of nitrogens with one attached hydrogen (secondary N) is 2. The van der Waals surface area contributed by atoms with Crippen LogP contribution in [-0.2, 0) is 0 Å². The van der Waals surface area contributed by atoms with Gasteiger partial charge in [0.25, 0.3) is 11.6 Å². The SMILES string of the molecule is CCC1CN(C(=O)c2cc([N+](=O)[O-])c[nH]2)C(CC)CN1. The van der Waals surface area contributed by atoms with Crippen molar-refractivity contribution in [3.63, 3.8) is 0 Å². The Morgan fingerprint density at radius 2 is 2.25 bits per heavy atom. The fourth-order valence-corrected chi connectivity index (χ4v) is 2.52. The van der Waals surface area contributed by atoms with E-state index in [9.17, 15) is 14.9 Å². The second kappa shape index (κ2) is 6.04. The summed E-state index contributed by atoms with van der Waals surface area (Å²) in [4.78, 5) is 27.2. The highest BCUT2D eigenvalue weighted by atomic mass is 16.6. The van der Waals surface area contributed by atoms with Crippen molar-refractivity contribution in [1.82, 2.24) is 15.2 Å². The fourth-order valence-electron chi connectivity index (χ4n) is 2.52. The number of nitrogens with zero attached hydrogens (tertiary/aromatic N) is 2. The summed E-state index contributed by atoms with van der Waals surface area (Å²) in [6, 6.07) is 1.72. The van der Waals surface area contributed by atoms with Crippen LogP contribution in [-0.4, -0.2) is 45.9 Å². The molecule has 20 heavy (non-hydrogen) atoms. The Hall–Kier alpha value is -1.89. The van der Waals surface area contributed by atoms with Gasteiger partial charge in [-0.2, -0.15) is 0 Å². The maximum absolute atomic E-state index is 12.5. The molecule has 2 N–H and O–H groups in total. The Labute approximate surface area is 117 Å². The molecule has 0 saturated carbocycles. The Balaban J connectivity index is 2.17. The van der Waals surface area contributed by atoms with Gasteiger partial charge in [0.05, 0.1) is 11.1 Å². The van der Waals surface area contributed by atoms with Gasteiger partial charge in [-0.05, 0) is 12.8 Å². The van der Waals surface area contributed by atoms with E-state index in [4.69, 9.17) is 0 Å². The van der Waals surface area contributed by atoms with Crippen molar-refractivity contribution >= 4 is 11.6 Å². The van der Waals surface area contributed by atoms with Crippen molar-refractivity contribution in [3.8, 4) is 0 Å². The lowest BCUT2D eigenvalue weighted by Gasteiger charge is -2.39. The summed E-state index contributed by atoms with van der Waals surface area (Å²) in [6.07, 6.45) is 3.07. The lowest BCUT2D eigenvalue weighted by Crippen LogP contribution is -2.57. The van der Waals surface area contributed by atoms with Crippen molar-refractivity contribution in [2.75, 3.05) is 13.1 Å². The van der Waals surface area contributed by atoms with Gasteiger partial charge in [-0.3, -0.25) is 14.9 Å². The van der Waals surface area contributed by atoms with Gasteiger partial charge in [0, 0.05) is 31.2 Å². The number of nitro groups is 1. The van der Waals surface area contributed by atoms with E-state index in [-0.39, 0.29) is 29.4 Å². The van der Waals surface area contributed by atoms with Crippen molar-refractivity contribution < 1.29 is 9.72 Å². The first-order valence-electron chi connectivity index (χ1n) is 6.94. The molecule has 1 aliphatic heterocycles. The Morgan fingerprint density at radius 1 is 1.50 bits per heavy atom. The predicted molar refractivity (Wildman–Crippen MR) is 74.6 cm³/mol. The van der Waals surface area contributed by atoms with Gasteiger partial charge in [0.1, 0.15) is 5.69 Å². The van der Waals surface area contributed by atoms with Gasteiger partial charge >= 0.3 is 0 Å². The fraction of sp³-hybridized carbons (Fsp3) is 0.615. The van der Waals surface area contributed by atoms with E-state index in [1.54, 1.807) is 0 Å². The second-order valence-electron chi connectivity index (χ2n) is 5.06. The van der Waals surface area contributed by atoms with E-state index in [1.807, 2.05) is 11.8 Å². The molecule has 7 heteroatoms. The van der Waals surface area contributed by atoms with E-state index in [0.29, 0.717) is 6.54 Å². The number of aromatic amines is 1. The quantitative estimate of drug-likeness (QED) is 0.646. The number of piperazine rings is 1. The molecule has 2 atom stereocenters. The molecule has 1 aliphatic rings. The topological polar surface area (TPSA) is 91.3 Å². The molecule has 1 fully saturated rings. The van der Waals surface area contributed by atoms with Crippen LogP contribution >= 0.6 is 0 Å². The molecule has 1 amide bonds. The van der Waals surface area contributed by atoms with Crippen molar-refractivity contribution in [2.24, 2.45) is 0 Å². The maximum Gasteiger partial charge on any atom is 0.287 e. The molecule has 1 aromatic rings. The third kappa shape index (κ3) is 2.82. The van der Waals surface area contributed by atoms with Crippen molar-refractivity contribution in [1.29, 1.82) is 0 Å². The first-order valence-corrected chi connectivity index (χ1v) is 6.94. The van der Waals surface area contributed by atoms with Crippen LogP contribution in [0.3, 0.4) is 0 Å². The number of hydrogen-bond acceptors (Lipinski definition) is 4. The molecular formula is C13H20N4O3. The molecule has 1 aromatic heterocycles. The lowest BCUT2D eigenvalue weighted by atomic mass is 10.0. The molecular weight excluding hydrogens is 260 g/mol. The van der Waals surface area contributed by atoms with E-state index in [2.05, 4.69) is 17.2 Å². The molecule has 2 rings (SSSR count). The average Bonchev–Trinajstić information content (AvgIpc) is 2.95. The third-order valence-corrected chi connectivity index (χ3v) is 3.83. The number of amides is 1. The van der Waals surface area contributed by atoms with Crippen LogP contribution in [0.5, 0.6) is 0 Å². The van der Waals surface area contributed by atoms with Crippen LogP contribution in [0.4, 0.5) is 5.69 Å². The van der Waals surface area contributed by atoms with Gasteiger partial charge in [0.15, 0.2) is 0 Å². The summed E-state index contributed by atoms with van der Waals surface area (Å²) in [7, 11) is 0. The number of hydrogen-bond donors (Lipinski definition) is 2. The Morgan fingerprint density at radius 3 is 2.80 bits per heavy atom. The first kappa shape index (κ1) is 14.5. The van der Waals surface area contributed by atoms with Crippen LogP contribution in [0.1, 0.15) is 37.2 Å². The maximum atomic E-state index is 12.5. The zero-order valence-electron chi connectivity index (χ0n) is 11.8. The molecule has 7 nitrogen and oxygen atoms in total. The number of H-pyrrole nitrogens is 1. The van der Waals surface area contributed by atoms with Crippen LogP contribution in [0.15, 0.2) is 12.3 Å². The first-order chi connectivity index (χ1) is 9.56. The van der Waals surface area contributed by atoms with E-state index >= 15 is 0 Å².